The van der Waals surface area contributed by atoms with Crippen molar-refractivity contribution in [1.29, 1.82) is 0 Å². The van der Waals surface area contributed by atoms with E-state index in [2.05, 4.69) is 67.6 Å². The molecule has 22 heavy (non-hydrogen) atoms. The van der Waals surface area contributed by atoms with Crippen molar-refractivity contribution in [2.45, 2.75) is 19.4 Å². The number of benzene rings is 3. The smallest absolute Gasteiger partial charge is 0.128 e. The Bertz CT molecular complexity index is 687. The van der Waals surface area contributed by atoms with Crippen LogP contribution in [-0.4, -0.2) is 0 Å². The molecule has 3 rings (SSSR count). The highest BCUT2D eigenvalue weighted by Gasteiger charge is 2.14. The summed E-state index contributed by atoms with van der Waals surface area (Å²) < 4.78 is 6.26. The van der Waals surface area contributed by atoms with E-state index in [4.69, 9.17) is 4.74 Å². The van der Waals surface area contributed by atoms with E-state index in [0.29, 0.717) is 0 Å². The highest BCUT2D eigenvalue weighted by molar-refractivity contribution is 5.29. The average Bonchev–Trinajstić information content (AvgIpc) is 2.58. The third kappa shape index (κ3) is 3.76. The topological polar surface area (TPSA) is 9.23 Å². The predicted molar refractivity (Wildman–Crippen MR) is 91.1 cm³/mol. The van der Waals surface area contributed by atoms with Crippen molar-refractivity contribution in [2.75, 3.05) is 0 Å². The molecule has 0 aliphatic carbocycles. The van der Waals surface area contributed by atoms with Crippen molar-refractivity contribution in [3.8, 4) is 5.75 Å². The maximum Gasteiger partial charge on any atom is 0.128 e. The third-order valence-corrected chi connectivity index (χ3v) is 3.73. The van der Waals surface area contributed by atoms with Crippen LogP contribution in [0.3, 0.4) is 0 Å². The highest BCUT2D eigenvalue weighted by atomic mass is 16.5. The van der Waals surface area contributed by atoms with Crippen LogP contribution in [0.1, 0.15) is 22.8 Å². The lowest BCUT2D eigenvalue weighted by molar-refractivity contribution is 0.206. The van der Waals surface area contributed by atoms with Crippen LogP contribution in [0.15, 0.2) is 84.9 Å². The molecule has 0 fully saturated rings. The third-order valence-electron chi connectivity index (χ3n) is 3.73. The molecular formula is C21H20O. The summed E-state index contributed by atoms with van der Waals surface area (Å²) in [6.07, 6.45) is 0.880. The first-order valence-corrected chi connectivity index (χ1v) is 7.63. The van der Waals surface area contributed by atoms with Gasteiger partial charge >= 0.3 is 0 Å². The van der Waals surface area contributed by atoms with E-state index in [1.54, 1.807) is 0 Å². The standard InChI is InChI=1S/C21H20O/c1-17-12-14-20(15-13-17)22-21(19-10-6-3-7-11-19)16-18-8-4-2-5-9-18/h2-15,21H,16H2,1H3. The van der Waals surface area contributed by atoms with Gasteiger partial charge < -0.3 is 4.74 Å². The Morgan fingerprint density at radius 1 is 0.727 bits per heavy atom. The Kier molecular flexibility index (Phi) is 4.55. The molecular weight excluding hydrogens is 268 g/mol. The Balaban J connectivity index is 1.84. The molecule has 1 atom stereocenters. The van der Waals surface area contributed by atoms with Crippen LogP contribution in [0.25, 0.3) is 0 Å². The first-order valence-electron chi connectivity index (χ1n) is 7.63. The summed E-state index contributed by atoms with van der Waals surface area (Å²) in [5.74, 6) is 0.912. The van der Waals surface area contributed by atoms with Crippen LogP contribution >= 0.6 is 0 Å². The van der Waals surface area contributed by atoms with Gasteiger partial charge in [-0.2, -0.15) is 0 Å². The number of rotatable bonds is 5. The van der Waals surface area contributed by atoms with E-state index in [1.807, 2.05) is 24.3 Å². The largest absolute Gasteiger partial charge is 0.485 e. The molecule has 0 aliphatic rings. The Morgan fingerprint density at radius 2 is 1.32 bits per heavy atom. The minimum atomic E-state index is 0.0197. The zero-order chi connectivity index (χ0) is 15.2. The lowest BCUT2D eigenvalue weighted by Crippen LogP contribution is -2.11. The summed E-state index contributed by atoms with van der Waals surface area (Å²) in [7, 11) is 0. The molecule has 0 N–H and O–H groups in total. The van der Waals surface area contributed by atoms with Gasteiger partial charge in [0.25, 0.3) is 0 Å². The monoisotopic (exact) mass is 288 g/mol. The second-order valence-electron chi connectivity index (χ2n) is 5.52. The summed E-state index contributed by atoms with van der Waals surface area (Å²) in [5.41, 5.74) is 3.72. The second-order valence-corrected chi connectivity index (χ2v) is 5.52. The van der Waals surface area contributed by atoms with E-state index >= 15 is 0 Å². The summed E-state index contributed by atoms with van der Waals surface area (Å²) in [5, 5.41) is 0. The molecule has 110 valence electrons. The Hall–Kier alpha value is -2.54. The predicted octanol–water partition coefficient (Wildman–Crippen LogP) is 5.36. The summed E-state index contributed by atoms with van der Waals surface area (Å²) in [6.45, 7) is 2.09. The molecule has 0 heterocycles. The SMILES string of the molecule is Cc1ccc(OC(Cc2ccccc2)c2ccccc2)cc1. The van der Waals surface area contributed by atoms with Gasteiger partial charge in [-0.25, -0.2) is 0 Å². The molecule has 3 aromatic rings. The lowest BCUT2D eigenvalue weighted by Gasteiger charge is -2.20. The number of hydrogen-bond acceptors (Lipinski definition) is 1. The van der Waals surface area contributed by atoms with Gasteiger partial charge in [-0.1, -0.05) is 78.4 Å². The maximum absolute atomic E-state index is 6.26. The van der Waals surface area contributed by atoms with Gasteiger partial charge in [0.1, 0.15) is 11.9 Å². The molecule has 0 saturated carbocycles. The lowest BCUT2D eigenvalue weighted by atomic mass is 10.0. The van der Waals surface area contributed by atoms with E-state index < -0.39 is 0 Å². The molecule has 0 bridgehead atoms. The number of ether oxygens (including phenoxy) is 1. The molecule has 1 heteroatoms. The fraction of sp³-hybridized carbons (Fsp3) is 0.143. The van der Waals surface area contributed by atoms with Gasteiger partial charge in [-0.3, -0.25) is 0 Å². The van der Waals surface area contributed by atoms with E-state index in [0.717, 1.165) is 12.2 Å². The molecule has 1 nitrogen and oxygen atoms in total. The number of hydrogen-bond donors (Lipinski definition) is 0. The van der Waals surface area contributed by atoms with Crippen molar-refractivity contribution in [3.05, 3.63) is 102 Å². The summed E-state index contributed by atoms with van der Waals surface area (Å²) in [6, 6.07) is 29.1. The van der Waals surface area contributed by atoms with E-state index in [1.165, 1.54) is 16.7 Å². The molecule has 0 saturated heterocycles. The van der Waals surface area contributed by atoms with Crippen molar-refractivity contribution in [1.82, 2.24) is 0 Å². The maximum atomic E-state index is 6.26. The Labute approximate surface area is 132 Å². The van der Waals surface area contributed by atoms with Crippen molar-refractivity contribution >= 4 is 0 Å². The minimum absolute atomic E-state index is 0.0197. The molecule has 0 spiro atoms. The van der Waals surface area contributed by atoms with Crippen LogP contribution in [0, 0.1) is 6.92 Å². The van der Waals surface area contributed by atoms with Crippen molar-refractivity contribution in [2.24, 2.45) is 0 Å². The quantitative estimate of drug-likeness (QED) is 0.614. The fourth-order valence-electron chi connectivity index (χ4n) is 2.50. The van der Waals surface area contributed by atoms with Gasteiger partial charge in [0.05, 0.1) is 0 Å². The van der Waals surface area contributed by atoms with Crippen LogP contribution in [0.5, 0.6) is 5.75 Å². The van der Waals surface area contributed by atoms with Gasteiger partial charge in [0, 0.05) is 6.42 Å². The highest BCUT2D eigenvalue weighted by Crippen LogP contribution is 2.25. The summed E-state index contributed by atoms with van der Waals surface area (Å²) >= 11 is 0. The second kappa shape index (κ2) is 6.95. The minimum Gasteiger partial charge on any atom is -0.485 e. The van der Waals surface area contributed by atoms with Gasteiger partial charge in [0.2, 0.25) is 0 Å². The van der Waals surface area contributed by atoms with Gasteiger partial charge in [0.15, 0.2) is 0 Å². The fourth-order valence-corrected chi connectivity index (χ4v) is 2.50. The normalized spacial score (nSPS) is 11.9. The molecule has 3 aromatic carbocycles. The van der Waals surface area contributed by atoms with Crippen LogP contribution < -0.4 is 4.74 Å². The number of aryl methyl sites for hydroxylation is 1. The average molecular weight is 288 g/mol. The van der Waals surface area contributed by atoms with E-state index in [9.17, 15) is 0 Å². The van der Waals surface area contributed by atoms with Crippen LogP contribution in [0.2, 0.25) is 0 Å². The van der Waals surface area contributed by atoms with Gasteiger partial charge in [-0.15, -0.1) is 0 Å². The van der Waals surface area contributed by atoms with E-state index in [-0.39, 0.29) is 6.10 Å². The molecule has 0 aromatic heterocycles. The zero-order valence-corrected chi connectivity index (χ0v) is 12.8. The van der Waals surface area contributed by atoms with Gasteiger partial charge in [-0.05, 0) is 30.2 Å². The molecule has 0 radical (unpaired) electrons. The molecule has 1 unspecified atom stereocenters. The zero-order valence-electron chi connectivity index (χ0n) is 12.8. The van der Waals surface area contributed by atoms with Crippen LogP contribution in [-0.2, 0) is 6.42 Å². The van der Waals surface area contributed by atoms with Crippen molar-refractivity contribution < 1.29 is 4.74 Å². The molecule has 0 aliphatic heterocycles. The molecule has 0 amide bonds. The first-order chi connectivity index (χ1) is 10.8. The van der Waals surface area contributed by atoms with Crippen molar-refractivity contribution in [3.63, 3.8) is 0 Å². The van der Waals surface area contributed by atoms with Crippen LogP contribution in [0.4, 0.5) is 0 Å². The Morgan fingerprint density at radius 3 is 1.95 bits per heavy atom. The first kappa shape index (κ1) is 14.4. The summed E-state index contributed by atoms with van der Waals surface area (Å²) in [4.78, 5) is 0.